The molecule has 0 N–H and O–H groups in total. The Balaban J connectivity index is 1.78. The van der Waals surface area contributed by atoms with E-state index in [1.165, 1.54) is 12.8 Å². The molecule has 1 aliphatic carbocycles. The van der Waals surface area contributed by atoms with Crippen molar-refractivity contribution >= 4 is 10.0 Å². The summed E-state index contributed by atoms with van der Waals surface area (Å²) < 4.78 is 26.9. The molecule has 2 fully saturated rings. The summed E-state index contributed by atoms with van der Waals surface area (Å²) in [6, 6.07) is 8.10. The number of sulfonamides is 1. The van der Waals surface area contributed by atoms with Crippen molar-refractivity contribution in [3.05, 3.63) is 35.4 Å². The van der Waals surface area contributed by atoms with Gasteiger partial charge in [-0.25, -0.2) is 8.42 Å². The van der Waals surface area contributed by atoms with Gasteiger partial charge in [0.05, 0.1) is 5.75 Å². The summed E-state index contributed by atoms with van der Waals surface area (Å²) in [5.41, 5.74) is 2.02. The van der Waals surface area contributed by atoms with E-state index >= 15 is 0 Å². The van der Waals surface area contributed by atoms with Crippen LogP contribution in [0.3, 0.4) is 0 Å². The van der Waals surface area contributed by atoms with Crippen molar-refractivity contribution in [3.63, 3.8) is 0 Å². The van der Waals surface area contributed by atoms with Crippen LogP contribution in [0.15, 0.2) is 24.3 Å². The summed E-state index contributed by atoms with van der Waals surface area (Å²) in [5, 5.41) is 0. The van der Waals surface area contributed by atoms with Crippen LogP contribution in [0.1, 0.15) is 36.8 Å². The second-order valence-electron chi connectivity index (χ2n) is 5.90. The van der Waals surface area contributed by atoms with Gasteiger partial charge in [-0.05, 0) is 44.1 Å². The van der Waals surface area contributed by atoms with E-state index in [1.807, 2.05) is 31.2 Å². The van der Waals surface area contributed by atoms with Crippen molar-refractivity contribution in [2.75, 3.05) is 6.54 Å². The fourth-order valence-corrected chi connectivity index (χ4v) is 5.02. The van der Waals surface area contributed by atoms with Crippen molar-refractivity contribution in [1.29, 1.82) is 0 Å². The maximum atomic E-state index is 12.6. The van der Waals surface area contributed by atoms with Crippen molar-refractivity contribution in [3.8, 4) is 0 Å². The average molecular weight is 279 g/mol. The van der Waals surface area contributed by atoms with E-state index in [-0.39, 0.29) is 11.8 Å². The maximum Gasteiger partial charge on any atom is 0.218 e. The summed E-state index contributed by atoms with van der Waals surface area (Å²) in [7, 11) is -3.15. The smallest absolute Gasteiger partial charge is 0.212 e. The fraction of sp³-hybridized carbons (Fsp3) is 0.600. The molecule has 0 bridgehead atoms. The molecule has 4 heteroatoms. The third-order valence-corrected chi connectivity index (χ3v) is 6.07. The van der Waals surface area contributed by atoms with Crippen molar-refractivity contribution < 1.29 is 8.42 Å². The predicted octanol–water partition coefficient (Wildman–Crippen LogP) is 2.70. The Morgan fingerprint density at radius 1 is 1.26 bits per heavy atom. The minimum atomic E-state index is -3.15. The van der Waals surface area contributed by atoms with Crippen LogP contribution in [0.5, 0.6) is 0 Å². The largest absolute Gasteiger partial charge is 0.218 e. The Labute approximate surface area is 115 Å². The van der Waals surface area contributed by atoms with Gasteiger partial charge in [0.2, 0.25) is 10.0 Å². The number of nitrogens with zero attached hydrogens (tertiary/aromatic N) is 1. The maximum absolute atomic E-state index is 12.6. The molecule has 1 heterocycles. The zero-order chi connectivity index (χ0) is 13.5. The van der Waals surface area contributed by atoms with E-state index < -0.39 is 10.0 Å². The summed E-state index contributed by atoms with van der Waals surface area (Å²) in [4.78, 5) is 0. The van der Waals surface area contributed by atoms with Crippen LogP contribution < -0.4 is 0 Å². The molecule has 1 saturated carbocycles. The van der Waals surface area contributed by atoms with E-state index in [4.69, 9.17) is 0 Å². The van der Waals surface area contributed by atoms with E-state index in [0.29, 0.717) is 5.92 Å². The van der Waals surface area contributed by atoms with Crippen LogP contribution in [-0.2, 0) is 15.8 Å². The van der Waals surface area contributed by atoms with E-state index in [1.54, 1.807) is 4.31 Å². The predicted molar refractivity (Wildman–Crippen MR) is 76.3 cm³/mol. The van der Waals surface area contributed by atoms with Crippen molar-refractivity contribution in [2.45, 2.75) is 44.4 Å². The average Bonchev–Trinajstić information content (AvgIpc) is 3.05. The standard InChI is InChI=1S/C15H21NO2S/c1-12-4-2-5-13(10-12)11-19(17,18)16-9-3-6-15(16)14-7-8-14/h2,4-5,10,14-15H,3,6-9,11H2,1H3. The molecule has 3 rings (SSSR count). The second kappa shape index (κ2) is 4.91. The summed E-state index contributed by atoms with van der Waals surface area (Å²) in [6.45, 7) is 2.72. The molecule has 1 aromatic rings. The van der Waals surface area contributed by atoms with Crippen LogP contribution in [-0.4, -0.2) is 25.3 Å². The molecule has 1 atom stereocenters. The van der Waals surface area contributed by atoms with Crippen LogP contribution in [0.4, 0.5) is 0 Å². The SMILES string of the molecule is Cc1cccc(CS(=O)(=O)N2CCCC2C2CC2)c1. The summed E-state index contributed by atoms with van der Waals surface area (Å²) >= 11 is 0. The van der Waals surface area contributed by atoms with E-state index in [2.05, 4.69) is 0 Å². The minimum absolute atomic E-state index is 0.151. The first-order valence-electron chi connectivity index (χ1n) is 7.11. The third-order valence-electron chi connectivity index (χ3n) is 4.20. The summed E-state index contributed by atoms with van der Waals surface area (Å²) in [6.07, 6.45) is 4.49. The first kappa shape index (κ1) is 13.1. The van der Waals surface area contributed by atoms with Gasteiger partial charge < -0.3 is 0 Å². The molecule has 2 aliphatic rings. The van der Waals surface area contributed by atoms with Gasteiger partial charge in [-0.15, -0.1) is 0 Å². The minimum Gasteiger partial charge on any atom is -0.212 e. The molecule has 104 valence electrons. The third kappa shape index (κ3) is 2.84. The number of rotatable bonds is 4. The Hall–Kier alpha value is -0.870. The quantitative estimate of drug-likeness (QED) is 0.850. The Kier molecular flexibility index (Phi) is 3.39. The van der Waals surface area contributed by atoms with Crippen LogP contribution in [0.25, 0.3) is 0 Å². The van der Waals surface area contributed by atoms with Gasteiger partial charge in [-0.3, -0.25) is 0 Å². The van der Waals surface area contributed by atoms with Crippen molar-refractivity contribution in [2.24, 2.45) is 5.92 Å². The highest BCUT2D eigenvalue weighted by Gasteiger charge is 2.42. The molecule has 1 aliphatic heterocycles. The molecular formula is C15H21NO2S. The molecule has 1 saturated heterocycles. The van der Waals surface area contributed by atoms with E-state index in [0.717, 1.165) is 30.5 Å². The molecule has 0 aromatic heterocycles. The van der Waals surface area contributed by atoms with Gasteiger partial charge in [0, 0.05) is 12.6 Å². The van der Waals surface area contributed by atoms with Crippen LogP contribution >= 0.6 is 0 Å². The van der Waals surface area contributed by atoms with Gasteiger partial charge >= 0.3 is 0 Å². The topological polar surface area (TPSA) is 37.4 Å². The first-order chi connectivity index (χ1) is 9.06. The molecule has 1 aromatic carbocycles. The molecule has 3 nitrogen and oxygen atoms in total. The van der Waals surface area contributed by atoms with Gasteiger partial charge in [-0.1, -0.05) is 29.8 Å². The number of benzene rings is 1. The highest BCUT2D eigenvalue weighted by molar-refractivity contribution is 7.88. The van der Waals surface area contributed by atoms with Crippen LogP contribution in [0, 0.1) is 12.8 Å². The second-order valence-corrected chi connectivity index (χ2v) is 7.82. The highest BCUT2D eigenvalue weighted by atomic mass is 32.2. The molecule has 19 heavy (non-hydrogen) atoms. The molecule has 0 radical (unpaired) electrons. The molecule has 0 spiro atoms. The first-order valence-corrected chi connectivity index (χ1v) is 8.72. The van der Waals surface area contributed by atoms with Crippen LogP contribution in [0.2, 0.25) is 0 Å². The highest BCUT2D eigenvalue weighted by Crippen LogP contribution is 2.41. The Bertz CT molecular complexity index is 563. The number of hydrogen-bond acceptors (Lipinski definition) is 2. The zero-order valence-corrected chi connectivity index (χ0v) is 12.2. The molecule has 0 amide bonds. The lowest BCUT2D eigenvalue weighted by Crippen LogP contribution is -2.37. The van der Waals surface area contributed by atoms with Gasteiger partial charge in [-0.2, -0.15) is 4.31 Å². The summed E-state index contributed by atoms with van der Waals surface area (Å²) in [5.74, 6) is 0.785. The monoisotopic (exact) mass is 279 g/mol. The molecular weight excluding hydrogens is 258 g/mol. The lowest BCUT2D eigenvalue weighted by Gasteiger charge is -2.24. The Morgan fingerprint density at radius 3 is 2.74 bits per heavy atom. The van der Waals surface area contributed by atoms with Gasteiger partial charge in [0.1, 0.15) is 0 Å². The Morgan fingerprint density at radius 2 is 2.05 bits per heavy atom. The number of hydrogen-bond donors (Lipinski definition) is 0. The van der Waals surface area contributed by atoms with E-state index in [9.17, 15) is 8.42 Å². The van der Waals surface area contributed by atoms with Crippen molar-refractivity contribution in [1.82, 2.24) is 4.31 Å². The zero-order valence-electron chi connectivity index (χ0n) is 11.4. The lowest BCUT2D eigenvalue weighted by molar-refractivity contribution is 0.356. The van der Waals surface area contributed by atoms with Gasteiger partial charge in [0.15, 0.2) is 0 Å². The lowest BCUT2D eigenvalue weighted by atomic mass is 10.1. The normalized spacial score (nSPS) is 24.8. The molecule has 1 unspecified atom stereocenters. The van der Waals surface area contributed by atoms with Gasteiger partial charge in [0.25, 0.3) is 0 Å². The fourth-order valence-electron chi connectivity index (χ4n) is 3.16. The number of aryl methyl sites for hydroxylation is 1.